The molecule has 0 radical (unpaired) electrons. The lowest BCUT2D eigenvalue weighted by Crippen LogP contribution is -2.48. The molecular weight excluding hydrogens is 436 g/mol. The summed E-state index contributed by atoms with van der Waals surface area (Å²) < 4.78 is 50.2. The van der Waals surface area contributed by atoms with E-state index in [2.05, 4.69) is 15.3 Å². The highest BCUT2D eigenvalue weighted by Crippen LogP contribution is 2.39. The van der Waals surface area contributed by atoms with Gasteiger partial charge in [-0.1, -0.05) is 0 Å². The molecule has 168 valence electrons. The van der Waals surface area contributed by atoms with Crippen molar-refractivity contribution < 1.29 is 31.9 Å². The van der Waals surface area contributed by atoms with E-state index in [-0.39, 0.29) is 23.4 Å². The Labute approximate surface area is 178 Å². The number of halogens is 4. The van der Waals surface area contributed by atoms with Crippen molar-refractivity contribution in [3.63, 3.8) is 0 Å². The number of nitrogens with zero attached hydrogens (tertiary/aromatic N) is 4. The third-order valence-electron chi connectivity index (χ3n) is 5.09. The van der Waals surface area contributed by atoms with Crippen molar-refractivity contribution >= 4 is 35.0 Å². The molecule has 32 heavy (non-hydrogen) atoms. The molecule has 0 aliphatic carbocycles. The summed E-state index contributed by atoms with van der Waals surface area (Å²) in [6.07, 6.45) is -3.49. The van der Waals surface area contributed by atoms with Crippen molar-refractivity contribution in [2.24, 2.45) is 0 Å². The molecule has 0 spiro atoms. The fourth-order valence-electron chi connectivity index (χ4n) is 3.57. The number of nitrogens with one attached hydrogen (secondary N) is 2. The van der Waals surface area contributed by atoms with Crippen LogP contribution in [0.25, 0.3) is 0 Å². The minimum atomic E-state index is -5.06. The normalized spacial score (nSPS) is 17.1. The smallest absolute Gasteiger partial charge is 0.366 e. The average molecular weight is 452 g/mol. The number of amides is 3. The SMILES string of the molecule is O=C(NCC(=O)C(F)(F)F)c1ccc2c(n1)N(C(=O)Nc1ccc(F)cn1)C1CCN2C1. The molecule has 13 heteroatoms. The predicted molar refractivity (Wildman–Crippen MR) is 104 cm³/mol. The molecule has 4 rings (SSSR count). The minimum Gasteiger partial charge on any atom is -0.366 e. The Morgan fingerprint density at radius 1 is 1.16 bits per heavy atom. The molecule has 3 amide bonds. The van der Waals surface area contributed by atoms with Crippen molar-refractivity contribution in [1.29, 1.82) is 0 Å². The van der Waals surface area contributed by atoms with Crippen LogP contribution < -0.4 is 20.4 Å². The van der Waals surface area contributed by atoms with E-state index >= 15 is 0 Å². The van der Waals surface area contributed by atoms with Gasteiger partial charge < -0.3 is 10.2 Å². The van der Waals surface area contributed by atoms with E-state index in [0.29, 0.717) is 25.2 Å². The molecule has 2 aromatic heterocycles. The van der Waals surface area contributed by atoms with E-state index in [1.54, 1.807) is 6.07 Å². The summed E-state index contributed by atoms with van der Waals surface area (Å²) in [6.45, 7) is -0.0512. The first-order valence-electron chi connectivity index (χ1n) is 9.49. The van der Waals surface area contributed by atoms with Gasteiger partial charge in [-0.15, -0.1) is 0 Å². The summed E-state index contributed by atoms with van der Waals surface area (Å²) >= 11 is 0. The number of carbonyl (C=O) groups excluding carboxylic acids is 3. The van der Waals surface area contributed by atoms with E-state index in [1.807, 2.05) is 10.2 Å². The molecule has 1 atom stereocenters. The van der Waals surface area contributed by atoms with E-state index in [0.717, 1.165) is 12.3 Å². The van der Waals surface area contributed by atoms with Gasteiger partial charge in [0.25, 0.3) is 11.7 Å². The second kappa shape index (κ2) is 8.05. The number of carbonyl (C=O) groups is 3. The van der Waals surface area contributed by atoms with Crippen LogP contribution in [-0.4, -0.2) is 59.5 Å². The van der Waals surface area contributed by atoms with Gasteiger partial charge in [0.1, 0.15) is 17.3 Å². The average Bonchev–Trinajstić information content (AvgIpc) is 3.16. The number of urea groups is 1. The fourth-order valence-corrected chi connectivity index (χ4v) is 3.57. The number of hydrogen-bond acceptors (Lipinski definition) is 6. The summed E-state index contributed by atoms with van der Waals surface area (Å²) in [5, 5.41) is 4.44. The van der Waals surface area contributed by atoms with Crippen LogP contribution in [0.3, 0.4) is 0 Å². The molecule has 0 saturated carbocycles. The Hall–Kier alpha value is -3.77. The summed E-state index contributed by atoms with van der Waals surface area (Å²) in [4.78, 5) is 47.5. The maximum Gasteiger partial charge on any atom is 0.451 e. The Bertz CT molecular complexity index is 1080. The molecule has 2 aliphatic heterocycles. The molecule has 0 aromatic carbocycles. The van der Waals surface area contributed by atoms with Crippen LogP contribution in [0.2, 0.25) is 0 Å². The summed E-state index contributed by atoms with van der Waals surface area (Å²) in [6, 6.07) is 4.40. The minimum absolute atomic E-state index is 0.109. The van der Waals surface area contributed by atoms with Gasteiger partial charge in [0.15, 0.2) is 5.82 Å². The van der Waals surface area contributed by atoms with Gasteiger partial charge in [-0.2, -0.15) is 13.2 Å². The summed E-state index contributed by atoms with van der Waals surface area (Å²) in [7, 11) is 0. The van der Waals surface area contributed by atoms with Gasteiger partial charge in [0.2, 0.25) is 0 Å². The number of Topliss-reactive ketones (excluding diaryl/α,β-unsaturated/α-hetero) is 1. The zero-order valence-corrected chi connectivity index (χ0v) is 16.3. The van der Waals surface area contributed by atoms with Crippen LogP contribution in [0.5, 0.6) is 0 Å². The number of aromatic nitrogens is 2. The maximum absolute atomic E-state index is 13.1. The molecule has 1 fully saturated rings. The molecule has 1 saturated heterocycles. The molecular formula is C19H16F4N6O3. The van der Waals surface area contributed by atoms with Crippen LogP contribution in [-0.2, 0) is 4.79 Å². The Morgan fingerprint density at radius 3 is 2.62 bits per heavy atom. The Morgan fingerprint density at radius 2 is 1.94 bits per heavy atom. The van der Waals surface area contributed by atoms with Crippen LogP contribution in [0.1, 0.15) is 16.9 Å². The molecule has 1 unspecified atom stereocenters. The largest absolute Gasteiger partial charge is 0.451 e. The van der Waals surface area contributed by atoms with Crippen LogP contribution >= 0.6 is 0 Å². The van der Waals surface area contributed by atoms with Crippen molar-refractivity contribution in [3.05, 3.63) is 42.0 Å². The lowest BCUT2D eigenvalue weighted by atomic mass is 10.1. The van der Waals surface area contributed by atoms with Gasteiger partial charge in [-0.25, -0.2) is 19.2 Å². The first-order valence-corrected chi connectivity index (χ1v) is 9.49. The number of ketones is 1. The highest BCUT2D eigenvalue weighted by atomic mass is 19.4. The number of fused-ring (bicyclic) bond motifs is 4. The van der Waals surface area contributed by atoms with Gasteiger partial charge >= 0.3 is 12.2 Å². The zero-order chi connectivity index (χ0) is 23.0. The number of anilines is 3. The molecule has 9 nitrogen and oxygen atoms in total. The Kier molecular flexibility index (Phi) is 5.40. The Balaban J connectivity index is 1.57. The van der Waals surface area contributed by atoms with E-state index in [9.17, 15) is 31.9 Å². The second-order valence-electron chi connectivity index (χ2n) is 7.19. The summed E-state index contributed by atoms with van der Waals surface area (Å²) in [5.74, 6) is -3.40. The van der Waals surface area contributed by atoms with Gasteiger partial charge in [0, 0.05) is 13.1 Å². The number of alkyl halides is 3. The third-order valence-corrected chi connectivity index (χ3v) is 5.09. The predicted octanol–water partition coefficient (Wildman–Crippen LogP) is 2.11. The lowest BCUT2D eigenvalue weighted by molar-refractivity contribution is -0.169. The monoisotopic (exact) mass is 452 g/mol. The highest BCUT2D eigenvalue weighted by molar-refractivity contribution is 6.05. The summed E-state index contributed by atoms with van der Waals surface area (Å²) in [5.41, 5.74) is 0.322. The maximum atomic E-state index is 13.1. The van der Waals surface area contributed by atoms with Gasteiger partial charge in [-0.3, -0.25) is 19.8 Å². The number of rotatable bonds is 4. The molecule has 2 aliphatic rings. The van der Waals surface area contributed by atoms with Crippen LogP contribution in [0.15, 0.2) is 30.5 Å². The van der Waals surface area contributed by atoms with Crippen molar-refractivity contribution in [3.8, 4) is 0 Å². The quantitative estimate of drug-likeness (QED) is 0.689. The standard InChI is InChI=1S/C19H16F4N6O3/c20-10-1-4-15(24-7-10)27-18(32)29-11-5-6-28(9-11)13-3-2-12(26-16(13)29)17(31)25-8-14(30)19(21,22)23/h1-4,7,11H,5-6,8-9H2,(H,25,31)(H,24,27,32). The second-order valence-corrected chi connectivity index (χ2v) is 7.19. The fraction of sp³-hybridized carbons (Fsp3) is 0.316. The van der Waals surface area contributed by atoms with Crippen LogP contribution in [0.4, 0.5) is 39.7 Å². The van der Waals surface area contributed by atoms with E-state index in [1.165, 1.54) is 17.0 Å². The van der Waals surface area contributed by atoms with Gasteiger partial charge in [0.05, 0.1) is 24.5 Å². The van der Waals surface area contributed by atoms with Crippen LogP contribution in [0, 0.1) is 5.82 Å². The first-order chi connectivity index (χ1) is 15.1. The van der Waals surface area contributed by atoms with Crippen molar-refractivity contribution in [2.75, 3.05) is 34.8 Å². The molecule has 2 aromatic rings. The number of pyridine rings is 2. The first kappa shape index (κ1) is 21.5. The van der Waals surface area contributed by atoms with Gasteiger partial charge in [-0.05, 0) is 30.7 Å². The van der Waals surface area contributed by atoms with E-state index in [4.69, 9.17) is 0 Å². The topological polar surface area (TPSA) is 108 Å². The molecule has 2 N–H and O–H groups in total. The van der Waals surface area contributed by atoms with Crippen molar-refractivity contribution in [2.45, 2.75) is 18.6 Å². The lowest BCUT2D eigenvalue weighted by Gasteiger charge is -2.35. The number of hydrogen-bond donors (Lipinski definition) is 2. The highest BCUT2D eigenvalue weighted by Gasteiger charge is 2.41. The van der Waals surface area contributed by atoms with Crippen molar-refractivity contribution in [1.82, 2.24) is 15.3 Å². The molecule has 4 heterocycles. The molecule has 2 bridgehead atoms. The van der Waals surface area contributed by atoms with E-state index < -0.39 is 36.3 Å². The third kappa shape index (κ3) is 4.18. The zero-order valence-electron chi connectivity index (χ0n) is 16.3.